The van der Waals surface area contributed by atoms with E-state index in [0.29, 0.717) is 18.0 Å². The molecule has 0 aromatic heterocycles. The topological polar surface area (TPSA) is 64.6 Å². The highest BCUT2D eigenvalue weighted by atomic mass is 16.5. The number of aryl methyl sites for hydroxylation is 1. The molecule has 0 bridgehead atoms. The minimum absolute atomic E-state index is 0.0941. The number of fused-ring (bicyclic) bond motifs is 1. The van der Waals surface area contributed by atoms with E-state index in [1.807, 2.05) is 61.5 Å². The van der Waals surface area contributed by atoms with Gasteiger partial charge in [0, 0.05) is 24.2 Å². The fourth-order valence-electron chi connectivity index (χ4n) is 2.84. The monoisotopic (exact) mass is 363 g/mol. The van der Waals surface area contributed by atoms with E-state index in [4.69, 9.17) is 9.47 Å². The predicted molar refractivity (Wildman–Crippen MR) is 104 cm³/mol. The lowest BCUT2D eigenvalue weighted by atomic mass is 10.0. The van der Waals surface area contributed by atoms with Gasteiger partial charge < -0.3 is 14.8 Å². The Kier molecular flexibility index (Phi) is 5.71. The Bertz CT molecular complexity index is 967. The summed E-state index contributed by atoms with van der Waals surface area (Å²) >= 11 is 0. The highest BCUT2D eigenvalue weighted by Crippen LogP contribution is 2.36. The number of nitrogens with one attached hydrogen (secondary N) is 1. The van der Waals surface area contributed by atoms with Crippen LogP contribution in [0.4, 0.5) is 0 Å². The molecule has 1 amide bonds. The largest absolute Gasteiger partial charge is 0.483 e. The Labute approximate surface area is 157 Å². The van der Waals surface area contributed by atoms with Crippen LogP contribution in [0.2, 0.25) is 0 Å². The number of ether oxygens (including phenoxy) is 2. The fraction of sp³-hybridized carbons (Fsp3) is 0.182. The van der Waals surface area contributed by atoms with E-state index in [9.17, 15) is 9.59 Å². The summed E-state index contributed by atoms with van der Waals surface area (Å²) in [7, 11) is 0. The zero-order valence-electron chi connectivity index (χ0n) is 15.3. The fourth-order valence-corrected chi connectivity index (χ4v) is 2.84. The number of amides is 1. The van der Waals surface area contributed by atoms with Crippen molar-refractivity contribution < 1.29 is 19.1 Å². The number of carbonyl (C=O) groups excluding carboxylic acids is 2. The van der Waals surface area contributed by atoms with Crippen molar-refractivity contribution in [3.8, 4) is 11.5 Å². The second kappa shape index (κ2) is 8.36. The van der Waals surface area contributed by atoms with Gasteiger partial charge in [0.05, 0.1) is 0 Å². The molecule has 0 saturated heterocycles. The normalized spacial score (nSPS) is 10.4. The highest BCUT2D eigenvalue weighted by molar-refractivity contribution is 5.96. The first kappa shape index (κ1) is 18.5. The molecule has 0 aliphatic carbocycles. The van der Waals surface area contributed by atoms with Crippen LogP contribution in [-0.4, -0.2) is 18.5 Å². The van der Waals surface area contributed by atoms with Gasteiger partial charge in [0.1, 0.15) is 11.5 Å². The van der Waals surface area contributed by atoms with Crippen LogP contribution in [0.15, 0.2) is 60.7 Å². The Morgan fingerprint density at radius 2 is 1.63 bits per heavy atom. The van der Waals surface area contributed by atoms with E-state index in [-0.39, 0.29) is 18.5 Å². The Balaban J connectivity index is 1.73. The smallest absolute Gasteiger partial charge is 0.308 e. The first-order chi connectivity index (χ1) is 13.0. The summed E-state index contributed by atoms with van der Waals surface area (Å²) in [5.41, 5.74) is 1.79. The molecule has 0 fully saturated rings. The van der Waals surface area contributed by atoms with Crippen LogP contribution in [0.5, 0.6) is 11.5 Å². The van der Waals surface area contributed by atoms with Crippen LogP contribution in [-0.2, 0) is 16.1 Å². The summed E-state index contributed by atoms with van der Waals surface area (Å²) in [6.45, 7) is 3.57. The summed E-state index contributed by atoms with van der Waals surface area (Å²) in [5, 5.41) is 4.39. The van der Waals surface area contributed by atoms with Gasteiger partial charge in [-0.3, -0.25) is 9.59 Å². The number of benzene rings is 3. The maximum absolute atomic E-state index is 12.1. The first-order valence-electron chi connectivity index (χ1n) is 8.69. The molecule has 0 aliphatic heterocycles. The number of esters is 1. The van der Waals surface area contributed by atoms with Gasteiger partial charge in [0.25, 0.3) is 5.91 Å². The molecule has 3 rings (SSSR count). The molecule has 3 aromatic carbocycles. The van der Waals surface area contributed by atoms with Crippen molar-refractivity contribution >= 4 is 22.6 Å². The van der Waals surface area contributed by atoms with E-state index in [0.717, 1.165) is 21.9 Å². The molecule has 0 unspecified atom stereocenters. The zero-order valence-corrected chi connectivity index (χ0v) is 15.3. The number of carbonyl (C=O) groups is 2. The molecule has 5 nitrogen and oxygen atoms in total. The third-order valence-electron chi connectivity index (χ3n) is 4.08. The number of hydrogen-bond acceptors (Lipinski definition) is 4. The van der Waals surface area contributed by atoms with Crippen LogP contribution in [0.25, 0.3) is 10.8 Å². The zero-order chi connectivity index (χ0) is 19.2. The van der Waals surface area contributed by atoms with E-state index in [1.54, 1.807) is 6.07 Å². The maximum atomic E-state index is 12.1. The lowest BCUT2D eigenvalue weighted by Crippen LogP contribution is -2.28. The van der Waals surface area contributed by atoms with Gasteiger partial charge in [-0.15, -0.1) is 0 Å². The molecule has 138 valence electrons. The van der Waals surface area contributed by atoms with Crippen molar-refractivity contribution in [2.24, 2.45) is 0 Å². The molecule has 3 aromatic rings. The highest BCUT2D eigenvalue weighted by Gasteiger charge is 2.14. The number of rotatable bonds is 6. The van der Waals surface area contributed by atoms with Crippen LogP contribution in [0.1, 0.15) is 18.1 Å². The molecule has 0 saturated carbocycles. The third-order valence-corrected chi connectivity index (χ3v) is 4.08. The predicted octanol–water partition coefficient (Wildman–Crippen LogP) is 3.77. The van der Waals surface area contributed by atoms with Gasteiger partial charge in [-0.2, -0.15) is 0 Å². The summed E-state index contributed by atoms with van der Waals surface area (Å²) in [6, 6.07) is 18.9. The molecule has 5 heteroatoms. The van der Waals surface area contributed by atoms with Gasteiger partial charge in [-0.05, 0) is 24.1 Å². The van der Waals surface area contributed by atoms with Crippen LogP contribution in [0.3, 0.4) is 0 Å². The van der Waals surface area contributed by atoms with Crippen LogP contribution in [0, 0.1) is 6.92 Å². The van der Waals surface area contributed by atoms with Gasteiger partial charge in [-0.1, -0.05) is 54.6 Å². The molecule has 0 spiro atoms. The molecule has 0 atom stereocenters. The standard InChI is InChI=1S/C22H21NO4/c1-15-12-20(18-10-6-7-11-19(18)22(15)27-16(2)24)26-14-21(25)23-13-17-8-4-3-5-9-17/h3-12H,13-14H2,1-2H3,(H,23,25). The van der Waals surface area contributed by atoms with Crippen molar-refractivity contribution in [3.63, 3.8) is 0 Å². The van der Waals surface area contributed by atoms with Crippen molar-refractivity contribution in [1.82, 2.24) is 5.32 Å². The second-order valence-electron chi connectivity index (χ2n) is 6.21. The van der Waals surface area contributed by atoms with E-state index in [2.05, 4.69) is 5.32 Å². The molecular formula is C22H21NO4. The van der Waals surface area contributed by atoms with E-state index < -0.39 is 0 Å². The number of hydrogen-bond donors (Lipinski definition) is 1. The molecule has 0 heterocycles. The second-order valence-corrected chi connectivity index (χ2v) is 6.21. The molecular weight excluding hydrogens is 342 g/mol. The lowest BCUT2D eigenvalue weighted by Gasteiger charge is -2.15. The summed E-state index contributed by atoms with van der Waals surface area (Å²) in [4.78, 5) is 23.5. The van der Waals surface area contributed by atoms with Crippen molar-refractivity contribution in [3.05, 3.63) is 71.8 Å². The van der Waals surface area contributed by atoms with Gasteiger partial charge >= 0.3 is 5.97 Å². The Morgan fingerprint density at radius 3 is 2.33 bits per heavy atom. The van der Waals surface area contributed by atoms with E-state index >= 15 is 0 Å². The molecule has 0 aliphatic rings. The minimum Gasteiger partial charge on any atom is -0.483 e. The van der Waals surface area contributed by atoms with Gasteiger partial charge in [-0.25, -0.2) is 0 Å². The minimum atomic E-state index is -0.378. The molecule has 0 radical (unpaired) electrons. The third kappa shape index (κ3) is 4.64. The summed E-state index contributed by atoms with van der Waals surface area (Å²) in [6.07, 6.45) is 0. The van der Waals surface area contributed by atoms with Crippen molar-refractivity contribution in [2.75, 3.05) is 6.61 Å². The Morgan fingerprint density at radius 1 is 0.963 bits per heavy atom. The lowest BCUT2D eigenvalue weighted by molar-refractivity contribution is -0.131. The average Bonchev–Trinajstić information content (AvgIpc) is 2.67. The maximum Gasteiger partial charge on any atom is 0.308 e. The first-order valence-corrected chi connectivity index (χ1v) is 8.69. The Hall–Kier alpha value is -3.34. The summed E-state index contributed by atoms with van der Waals surface area (Å²) < 4.78 is 11.1. The van der Waals surface area contributed by atoms with Crippen LogP contribution >= 0.6 is 0 Å². The summed E-state index contributed by atoms with van der Waals surface area (Å²) in [5.74, 6) is 0.509. The SMILES string of the molecule is CC(=O)Oc1c(C)cc(OCC(=O)NCc2ccccc2)c2ccccc12. The average molecular weight is 363 g/mol. The molecule has 1 N–H and O–H groups in total. The van der Waals surface area contributed by atoms with E-state index in [1.165, 1.54) is 6.92 Å². The van der Waals surface area contributed by atoms with Crippen LogP contribution < -0.4 is 14.8 Å². The van der Waals surface area contributed by atoms with Crippen molar-refractivity contribution in [2.45, 2.75) is 20.4 Å². The van der Waals surface area contributed by atoms with Gasteiger partial charge in [0.2, 0.25) is 0 Å². The molecule has 27 heavy (non-hydrogen) atoms. The van der Waals surface area contributed by atoms with Gasteiger partial charge in [0.15, 0.2) is 6.61 Å². The quantitative estimate of drug-likeness (QED) is 0.535. The van der Waals surface area contributed by atoms with Crippen molar-refractivity contribution in [1.29, 1.82) is 0 Å².